The van der Waals surface area contributed by atoms with E-state index in [1.165, 1.54) is 5.56 Å². The highest BCUT2D eigenvalue weighted by atomic mass is 16.7. The fourth-order valence-electron chi connectivity index (χ4n) is 3.72. The van der Waals surface area contributed by atoms with Gasteiger partial charge >= 0.3 is 0 Å². The fraction of sp³-hybridized carbons (Fsp3) is 0.667. The van der Waals surface area contributed by atoms with Gasteiger partial charge in [0.1, 0.15) is 0 Å². The quantitative estimate of drug-likeness (QED) is 0.402. The molecule has 3 rings (SSSR count). The summed E-state index contributed by atoms with van der Waals surface area (Å²) in [5.74, 6) is 2.55. The van der Waals surface area contributed by atoms with E-state index in [-0.39, 0.29) is 0 Å². The first-order chi connectivity index (χ1) is 13.6. The minimum absolute atomic E-state index is 0.316. The third kappa shape index (κ3) is 6.27. The minimum Gasteiger partial charge on any atom is -0.454 e. The van der Waals surface area contributed by atoms with Crippen LogP contribution in [0.4, 0.5) is 0 Å². The van der Waals surface area contributed by atoms with Gasteiger partial charge in [-0.25, -0.2) is 0 Å². The number of benzene rings is 1. The molecule has 2 unspecified atom stereocenters. The highest BCUT2D eigenvalue weighted by Crippen LogP contribution is 2.32. The highest BCUT2D eigenvalue weighted by molar-refractivity contribution is 5.79. The van der Waals surface area contributed by atoms with Crippen molar-refractivity contribution < 1.29 is 14.2 Å². The van der Waals surface area contributed by atoms with Gasteiger partial charge in [0.15, 0.2) is 17.5 Å². The van der Waals surface area contributed by atoms with Crippen molar-refractivity contribution in [3.05, 3.63) is 23.8 Å². The van der Waals surface area contributed by atoms with Gasteiger partial charge in [-0.15, -0.1) is 0 Å². The molecule has 1 saturated heterocycles. The summed E-state index contributed by atoms with van der Waals surface area (Å²) in [5, 5.41) is 6.75. The van der Waals surface area contributed by atoms with Crippen LogP contribution >= 0.6 is 0 Å². The van der Waals surface area contributed by atoms with Crippen LogP contribution in [0.2, 0.25) is 0 Å². The van der Waals surface area contributed by atoms with Crippen molar-refractivity contribution in [1.29, 1.82) is 0 Å². The highest BCUT2D eigenvalue weighted by Gasteiger charge is 2.21. The molecular formula is C21H34N4O3. The van der Waals surface area contributed by atoms with Crippen molar-refractivity contribution in [2.45, 2.75) is 45.8 Å². The van der Waals surface area contributed by atoms with Gasteiger partial charge in [0.2, 0.25) is 6.79 Å². The molecule has 0 saturated carbocycles. The second-order valence-electron chi connectivity index (χ2n) is 7.50. The van der Waals surface area contributed by atoms with Gasteiger partial charge in [0.25, 0.3) is 0 Å². The van der Waals surface area contributed by atoms with Crippen molar-refractivity contribution in [3.8, 4) is 11.5 Å². The number of nitrogens with one attached hydrogen (secondary N) is 2. The van der Waals surface area contributed by atoms with Gasteiger partial charge in [-0.05, 0) is 51.3 Å². The molecule has 2 heterocycles. The molecule has 7 nitrogen and oxygen atoms in total. The van der Waals surface area contributed by atoms with Gasteiger partial charge in [0, 0.05) is 39.3 Å². The molecule has 0 aromatic heterocycles. The zero-order valence-electron chi connectivity index (χ0n) is 17.4. The number of rotatable bonds is 8. The van der Waals surface area contributed by atoms with Crippen LogP contribution in [0.1, 0.15) is 32.8 Å². The SMILES string of the molecule is CCNC(=NCCCN1CC(C)OC(C)C1)NCCc1ccc2c(c1)OCO2. The van der Waals surface area contributed by atoms with Crippen LogP contribution in [0, 0.1) is 0 Å². The molecule has 0 amide bonds. The molecule has 1 fully saturated rings. The monoisotopic (exact) mass is 390 g/mol. The standard InChI is InChI=1S/C21H34N4O3/c1-4-22-21(23-9-5-11-25-13-16(2)28-17(3)14-25)24-10-8-18-6-7-19-20(12-18)27-15-26-19/h6-7,12,16-17H,4-5,8-11,13-15H2,1-3H3,(H2,22,23,24). The first-order valence-corrected chi connectivity index (χ1v) is 10.4. The Bertz CT molecular complexity index is 643. The topological polar surface area (TPSA) is 67.4 Å². The van der Waals surface area contributed by atoms with Crippen LogP contribution in [0.15, 0.2) is 23.2 Å². The van der Waals surface area contributed by atoms with Crippen LogP contribution in [0.5, 0.6) is 11.5 Å². The summed E-state index contributed by atoms with van der Waals surface area (Å²) in [4.78, 5) is 7.20. The molecule has 2 N–H and O–H groups in total. The maximum atomic E-state index is 5.79. The molecule has 2 aliphatic heterocycles. The van der Waals surface area contributed by atoms with Gasteiger partial charge in [-0.2, -0.15) is 0 Å². The molecule has 0 bridgehead atoms. The third-order valence-corrected chi connectivity index (χ3v) is 4.88. The molecule has 2 atom stereocenters. The lowest BCUT2D eigenvalue weighted by Gasteiger charge is -2.35. The van der Waals surface area contributed by atoms with Crippen molar-refractivity contribution in [2.75, 3.05) is 46.1 Å². The Kier molecular flexibility index (Phi) is 7.80. The van der Waals surface area contributed by atoms with Gasteiger partial charge in [-0.3, -0.25) is 9.89 Å². The van der Waals surface area contributed by atoms with Crippen LogP contribution in [-0.4, -0.2) is 69.1 Å². The number of hydrogen-bond acceptors (Lipinski definition) is 5. The number of aliphatic imine (C=N–C) groups is 1. The second-order valence-corrected chi connectivity index (χ2v) is 7.50. The van der Waals surface area contributed by atoms with Crippen LogP contribution in [0.3, 0.4) is 0 Å². The van der Waals surface area contributed by atoms with Crippen LogP contribution in [0.25, 0.3) is 0 Å². The predicted octanol–water partition coefficient (Wildman–Crippen LogP) is 2.01. The Balaban J connectivity index is 1.39. The molecule has 0 aliphatic carbocycles. The zero-order valence-corrected chi connectivity index (χ0v) is 17.4. The van der Waals surface area contributed by atoms with E-state index < -0.39 is 0 Å². The average molecular weight is 391 g/mol. The molecular weight excluding hydrogens is 356 g/mol. The molecule has 2 aliphatic rings. The number of fused-ring (bicyclic) bond motifs is 1. The minimum atomic E-state index is 0.316. The molecule has 0 radical (unpaired) electrons. The largest absolute Gasteiger partial charge is 0.454 e. The summed E-state index contributed by atoms with van der Waals surface area (Å²) in [7, 11) is 0. The maximum absolute atomic E-state index is 5.79. The van der Waals surface area contributed by atoms with E-state index in [1.807, 2.05) is 6.07 Å². The van der Waals surface area contributed by atoms with E-state index in [9.17, 15) is 0 Å². The van der Waals surface area contributed by atoms with Gasteiger partial charge < -0.3 is 24.8 Å². The molecule has 0 spiro atoms. The number of guanidine groups is 1. The summed E-state index contributed by atoms with van der Waals surface area (Å²) >= 11 is 0. The smallest absolute Gasteiger partial charge is 0.231 e. The molecule has 1 aromatic rings. The third-order valence-electron chi connectivity index (χ3n) is 4.88. The lowest BCUT2D eigenvalue weighted by atomic mass is 10.1. The zero-order chi connectivity index (χ0) is 19.8. The Labute approximate surface area is 168 Å². The van der Waals surface area contributed by atoms with E-state index in [0.717, 1.165) is 69.6 Å². The van der Waals surface area contributed by atoms with Crippen molar-refractivity contribution in [3.63, 3.8) is 0 Å². The van der Waals surface area contributed by atoms with E-state index in [4.69, 9.17) is 19.2 Å². The second kappa shape index (κ2) is 10.5. The summed E-state index contributed by atoms with van der Waals surface area (Å²) in [6.07, 6.45) is 2.60. The summed E-state index contributed by atoms with van der Waals surface area (Å²) in [6.45, 7) is 12.3. The van der Waals surface area contributed by atoms with Crippen molar-refractivity contribution in [2.24, 2.45) is 4.99 Å². The normalized spacial score (nSPS) is 22.3. The van der Waals surface area contributed by atoms with Crippen LogP contribution < -0.4 is 20.1 Å². The van der Waals surface area contributed by atoms with Crippen molar-refractivity contribution >= 4 is 5.96 Å². The Morgan fingerprint density at radius 1 is 1.14 bits per heavy atom. The van der Waals surface area contributed by atoms with E-state index in [1.54, 1.807) is 0 Å². The summed E-state index contributed by atoms with van der Waals surface area (Å²) in [5.41, 5.74) is 1.23. The summed E-state index contributed by atoms with van der Waals surface area (Å²) in [6, 6.07) is 6.12. The Hall–Kier alpha value is -1.99. The fourth-order valence-corrected chi connectivity index (χ4v) is 3.72. The predicted molar refractivity (Wildman–Crippen MR) is 111 cm³/mol. The molecule has 7 heteroatoms. The number of hydrogen-bond donors (Lipinski definition) is 2. The molecule has 28 heavy (non-hydrogen) atoms. The maximum Gasteiger partial charge on any atom is 0.231 e. The first-order valence-electron chi connectivity index (χ1n) is 10.4. The van der Waals surface area contributed by atoms with E-state index in [2.05, 4.69) is 48.4 Å². The number of nitrogens with zero attached hydrogens (tertiary/aromatic N) is 2. The Morgan fingerprint density at radius 3 is 2.71 bits per heavy atom. The molecule has 156 valence electrons. The lowest BCUT2D eigenvalue weighted by molar-refractivity contribution is -0.0679. The van der Waals surface area contributed by atoms with E-state index >= 15 is 0 Å². The average Bonchev–Trinajstić information content (AvgIpc) is 3.12. The Morgan fingerprint density at radius 2 is 1.93 bits per heavy atom. The van der Waals surface area contributed by atoms with Crippen molar-refractivity contribution in [1.82, 2.24) is 15.5 Å². The van der Waals surface area contributed by atoms with Crippen LogP contribution in [-0.2, 0) is 11.2 Å². The van der Waals surface area contributed by atoms with E-state index in [0.29, 0.717) is 19.0 Å². The van der Waals surface area contributed by atoms with Gasteiger partial charge in [0.05, 0.1) is 12.2 Å². The number of morpholine rings is 1. The lowest BCUT2D eigenvalue weighted by Crippen LogP contribution is -2.45. The number of ether oxygens (including phenoxy) is 3. The van der Waals surface area contributed by atoms with Gasteiger partial charge in [-0.1, -0.05) is 6.07 Å². The first kappa shape index (κ1) is 20.7. The summed E-state index contributed by atoms with van der Waals surface area (Å²) < 4.78 is 16.6. The molecule has 1 aromatic carbocycles.